The molecule has 0 fully saturated rings. The van der Waals surface area contributed by atoms with Gasteiger partial charge in [0.05, 0.1) is 5.56 Å². The first-order valence-corrected chi connectivity index (χ1v) is 5.01. The fourth-order valence-corrected chi connectivity index (χ4v) is 1.54. The predicted molar refractivity (Wildman–Crippen MR) is 60.0 cm³/mol. The van der Waals surface area contributed by atoms with E-state index in [1.165, 1.54) is 0 Å². The van der Waals surface area contributed by atoms with Crippen molar-refractivity contribution in [3.05, 3.63) is 28.8 Å². The molecular formula is C12H17NO2. The molecule has 1 aromatic rings. The van der Waals surface area contributed by atoms with Gasteiger partial charge in [-0.3, -0.25) is 4.79 Å². The van der Waals surface area contributed by atoms with Gasteiger partial charge in [0.1, 0.15) is 5.75 Å². The van der Waals surface area contributed by atoms with Crippen LogP contribution in [0, 0.1) is 12.8 Å². The number of aromatic hydroxyl groups is 1. The van der Waals surface area contributed by atoms with E-state index in [-0.39, 0.29) is 17.7 Å². The van der Waals surface area contributed by atoms with Crippen LogP contribution >= 0.6 is 0 Å². The summed E-state index contributed by atoms with van der Waals surface area (Å²) in [7, 11) is 0. The first kappa shape index (κ1) is 11.7. The maximum atomic E-state index is 10.7. The van der Waals surface area contributed by atoms with Crippen LogP contribution in [0.15, 0.2) is 12.1 Å². The van der Waals surface area contributed by atoms with E-state index in [0.717, 1.165) is 5.56 Å². The summed E-state index contributed by atoms with van der Waals surface area (Å²) in [6, 6.07) is 3.23. The number of phenolic OH excluding ortho intramolecular Hbond substituents is 1. The van der Waals surface area contributed by atoms with Crippen molar-refractivity contribution in [2.45, 2.75) is 26.8 Å². The van der Waals surface area contributed by atoms with Gasteiger partial charge < -0.3 is 10.8 Å². The van der Waals surface area contributed by atoms with E-state index < -0.39 is 0 Å². The molecule has 15 heavy (non-hydrogen) atoms. The van der Waals surface area contributed by atoms with Crippen LogP contribution in [0.2, 0.25) is 0 Å². The van der Waals surface area contributed by atoms with E-state index in [1.807, 2.05) is 26.8 Å². The molecule has 0 radical (unpaired) electrons. The highest BCUT2D eigenvalue weighted by atomic mass is 16.3. The van der Waals surface area contributed by atoms with Crippen molar-refractivity contribution in [2.24, 2.45) is 11.7 Å². The third-order valence-corrected chi connectivity index (χ3v) is 2.52. The van der Waals surface area contributed by atoms with Crippen LogP contribution in [0.3, 0.4) is 0 Å². The molecule has 3 heteroatoms. The molecule has 0 aliphatic heterocycles. The Balaban J connectivity index is 3.28. The van der Waals surface area contributed by atoms with Gasteiger partial charge in [0.2, 0.25) is 0 Å². The van der Waals surface area contributed by atoms with Gasteiger partial charge in [-0.15, -0.1) is 0 Å². The molecule has 0 aliphatic carbocycles. The molecule has 82 valence electrons. The summed E-state index contributed by atoms with van der Waals surface area (Å²) in [6.07, 6.45) is 0.652. The zero-order valence-corrected chi connectivity index (χ0v) is 9.32. The summed E-state index contributed by atoms with van der Waals surface area (Å²) in [5.41, 5.74) is 7.84. The molecule has 0 aromatic heterocycles. The number of benzene rings is 1. The van der Waals surface area contributed by atoms with Gasteiger partial charge in [-0.1, -0.05) is 19.9 Å². The molecule has 0 unspecified atom stereocenters. The number of carbonyl (C=O) groups excluding carboxylic acids is 1. The summed E-state index contributed by atoms with van der Waals surface area (Å²) in [6.45, 7) is 5.84. The Kier molecular flexibility index (Phi) is 3.48. The largest absolute Gasteiger partial charge is 0.507 e. The average Bonchev–Trinajstić information content (AvgIpc) is 2.19. The first-order valence-electron chi connectivity index (χ1n) is 5.01. The lowest BCUT2D eigenvalue weighted by Crippen LogP contribution is -2.17. The minimum atomic E-state index is -0.247. The topological polar surface area (TPSA) is 63.3 Å². The molecule has 0 saturated carbocycles. The smallest absolute Gasteiger partial charge is 0.153 e. The standard InChI is InChI=1S/C12H17NO2/c1-7(2)11(13)10-5-8(3)4-9(6-14)12(10)15/h4-7,11,15H,13H2,1-3H3/t11-/m1/s1. The van der Waals surface area contributed by atoms with Gasteiger partial charge in [-0.2, -0.15) is 0 Å². The Morgan fingerprint density at radius 3 is 2.47 bits per heavy atom. The fraction of sp³-hybridized carbons (Fsp3) is 0.417. The molecule has 0 spiro atoms. The van der Waals surface area contributed by atoms with Crippen LogP contribution in [0.25, 0.3) is 0 Å². The van der Waals surface area contributed by atoms with E-state index in [0.29, 0.717) is 17.4 Å². The number of aldehydes is 1. The zero-order chi connectivity index (χ0) is 11.6. The Bertz CT molecular complexity index is 372. The van der Waals surface area contributed by atoms with Crippen molar-refractivity contribution in [2.75, 3.05) is 0 Å². The Morgan fingerprint density at radius 2 is 2.00 bits per heavy atom. The van der Waals surface area contributed by atoms with Gasteiger partial charge in [0.25, 0.3) is 0 Å². The summed E-state index contributed by atoms with van der Waals surface area (Å²) in [5.74, 6) is 0.231. The number of hydrogen-bond donors (Lipinski definition) is 2. The van der Waals surface area contributed by atoms with E-state index in [2.05, 4.69) is 0 Å². The van der Waals surface area contributed by atoms with Gasteiger partial charge in [0.15, 0.2) is 6.29 Å². The lowest BCUT2D eigenvalue weighted by atomic mass is 9.93. The predicted octanol–water partition coefficient (Wildman–Crippen LogP) is 2.17. The van der Waals surface area contributed by atoms with Crippen molar-refractivity contribution in [3.8, 4) is 5.75 Å². The summed E-state index contributed by atoms with van der Waals surface area (Å²) >= 11 is 0. The number of aryl methyl sites for hydroxylation is 1. The monoisotopic (exact) mass is 207 g/mol. The maximum absolute atomic E-state index is 10.7. The molecule has 0 bridgehead atoms. The van der Waals surface area contributed by atoms with Gasteiger partial charge in [0, 0.05) is 11.6 Å². The number of carbonyl (C=O) groups is 1. The molecule has 0 amide bonds. The molecule has 1 atom stereocenters. The van der Waals surface area contributed by atoms with E-state index in [4.69, 9.17) is 5.73 Å². The minimum Gasteiger partial charge on any atom is -0.507 e. The highest BCUT2D eigenvalue weighted by Crippen LogP contribution is 2.30. The molecular weight excluding hydrogens is 190 g/mol. The van der Waals surface area contributed by atoms with Crippen LogP contribution in [0.5, 0.6) is 5.75 Å². The van der Waals surface area contributed by atoms with Crippen molar-refractivity contribution in [1.82, 2.24) is 0 Å². The molecule has 0 heterocycles. The summed E-state index contributed by atoms with van der Waals surface area (Å²) in [5, 5.41) is 9.82. The Morgan fingerprint density at radius 1 is 1.40 bits per heavy atom. The summed E-state index contributed by atoms with van der Waals surface area (Å²) < 4.78 is 0. The van der Waals surface area contributed by atoms with Crippen LogP contribution in [0.1, 0.15) is 41.4 Å². The van der Waals surface area contributed by atoms with Crippen LogP contribution in [-0.2, 0) is 0 Å². The SMILES string of the molecule is Cc1cc(C=O)c(O)c([C@H](N)C(C)C)c1. The highest BCUT2D eigenvalue weighted by Gasteiger charge is 2.17. The van der Waals surface area contributed by atoms with Crippen molar-refractivity contribution >= 4 is 6.29 Å². The van der Waals surface area contributed by atoms with Crippen molar-refractivity contribution in [1.29, 1.82) is 0 Å². The molecule has 1 rings (SSSR count). The Labute approximate surface area is 89.9 Å². The maximum Gasteiger partial charge on any atom is 0.153 e. The molecule has 1 aromatic carbocycles. The van der Waals surface area contributed by atoms with Crippen molar-refractivity contribution < 1.29 is 9.90 Å². The molecule has 3 N–H and O–H groups in total. The second-order valence-electron chi connectivity index (χ2n) is 4.18. The van der Waals surface area contributed by atoms with Crippen LogP contribution < -0.4 is 5.73 Å². The molecule has 0 saturated heterocycles. The van der Waals surface area contributed by atoms with E-state index in [9.17, 15) is 9.90 Å². The number of nitrogens with two attached hydrogens (primary N) is 1. The second kappa shape index (κ2) is 4.45. The normalized spacial score (nSPS) is 12.9. The number of hydrogen-bond acceptors (Lipinski definition) is 3. The van der Waals surface area contributed by atoms with E-state index in [1.54, 1.807) is 6.07 Å². The summed E-state index contributed by atoms with van der Waals surface area (Å²) in [4.78, 5) is 10.7. The number of rotatable bonds is 3. The highest BCUT2D eigenvalue weighted by molar-refractivity contribution is 5.80. The van der Waals surface area contributed by atoms with Gasteiger partial charge in [-0.05, 0) is 24.5 Å². The number of phenols is 1. The first-order chi connectivity index (χ1) is 6.97. The van der Waals surface area contributed by atoms with Gasteiger partial charge >= 0.3 is 0 Å². The van der Waals surface area contributed by atoms with Crippen LogP contribution in [0.4, 0.5) is 0 Å². The Hall–Kier alpha value is -1.35. The zero-order valence-electron chi connectivity index (χ0n) is 9.32. The minimum absolute atomic E-state index is 0.0109. The third-order valence-electron chi connectivity index (χ3n) is 2.52. The third kappa shape index (κ3) is 2.36. The lowest BCUT2D eigenvalue weighted by molar-refractivity contribution is 0.112. The van der Waals surface area contributed by atoms with E-state index >= 15 is 0 Å². The quantitative estimate of drug-likeness (QED) is 0.746. The van der Waals surface area contributed by atoms with Crippen LogP contribution in [-0.4, -0.2) is 11.4 Å². The van der Waals surface area contributed by atoms with Crippen molar-refractivity contribution in [3.63, 3.8) is 0 Å². The van der Waals surface area contributed by atoms with Gasteiger partial charge in [-0.25, -0.2) is 0 Å². The lowest BCUT2D eigenvalue weighted by Gasteiger charge is -2.18. The fourth-order valence-electron chi connectivity index (χ4n) is 1.54. The molecule has 3 nitrogen and oxygen atoms in total. The second-order valence-corrected chi connectivity index (χ2v) is 4.18. The molecule has 0 aliphatic rings. The average molecular weight is 207 g/mol.